The molecule has 19 heavy (non-hydrogen) atoms. The van der Waals surface area contributed by atoms with Gasteiger partial charge in [-0.25, -0.2) is 9.78 Å². The lowest BCUT2D eigenvalue weighted by Gasteiger charge is -2.13. The minimum atomic E-state index is -0.373. The summed E-state index contributed by atoms with van der Waals surface area (Å²) in [6.07, 6.45) is 0. The number of nitrogens with one attached hydrogen (secondary N) is 1. The van der Waals surface area contributed by atoms with Crippen LogP contribution in [0.15, 0.2) is 30.3 Å². The maximum atomic E-state index is 12.4. The Hall–Kier alpha value is -2.14. The molecule has 0 radical (unpaired) electrons. The summed E-state index contributed by atoms with van der Waals surface area (Å²) in [5, 5.41) is 3.53. The van der Waals surface area contributed by atoms with Crippen LogP contribution in [0.25, 0.3) is 10.9 Å². The number of nitrogens with zero attached hydrogens (tertiary/aromatic N) is 2. The third-order valence-electron chi connectivity index (χ3n) is 3.02. The number of fused-ring (bicyclic) bond motifs is 1. The fourth-order valence-corrected chi connectivity index (χ4v) is 2.33. The number of imide groups is 1. The maximum absolute atomic E-state index is 12.4. The molecule has 1 aliphatic rings. The highest BCUT2D eigenvalue weighted by Crippen LogP contribution is 2.22. The van der Waals surface area contributed by atoms with Crippen LogP contribution in [0.3, 0.4) is 0 Å². The van der Waals surface area contributed by atoms with Gasteiger partial charge in [-0.1, -0.05) is 29.8 Å². The third kappa shape index (κ3) is 2.02. The first-order valence-electron chi connectivity index (χ1n) is 5.82. The molecule has 1 saturated heterocycles. The summed E-state index contributed by atoms with van der Waals surface area (Å²) in [7, 11) is 0. The highest BCUT2D eigenvalue weighted by Gasteiger charge is 2.28. The molecule has 0 unspecified atom stereocenters. The molecule has 0 saturated carbocycles. The summed E-state index contributed by atoms with van der Waals surface area (Å²) in [6.45, 7) is 0.841. The van der Waals surface area contributed by atoms with Crippen molar-refractivity contribution in [2.24, 2.45) is 0 Å². The van der Waals surface area contributed by atoms with Gasteiger partial charge in [0.1, 0.15) is 5.15 Å². The van der Waals surface area contributed by atoms with Crippen LogP contribution in [0.4, 0.5) is 4.79 Å². The van der Waals surface area contributed by atoms with Crippen molar-refractivity contribution in [3.8, 4) is 0 Å². The van der Waals surface area contributed by atoms with Gasteiger partial charge in [-0.2, -0.15) is 0 Å². The second kappa shape index (κ2) is 4.51. The molecule has 1 aliphatic heterocycles. The van der Waals surface area contributed by atoms with Gasteiger partial charge in [0.25, 0.3) is 5.91 Å². The topological polar surface area (TPSA) is 62.3 Å². The SMILES string of the molecule is O=C1NCCN1C(=O)c1cc(Cl)nc2ccccc12. The second-order valence-electron chi connectivity index (χ2n) is 4.20. The van der Waals surface area contributed by atoms with Crippen molar-refractivity contribution in [3.05, 3.63) is 41.0 Å². The monoisotopic (exact) mass is 275 g/mol. The molecule has 3 rings (SSSR count). The highest BCUT2D eigenvalue weighted by atomic mass is 35.5. The lowest BCUT2D eigenvalue weighted by molar-refractivity contribution is 0.0831. The van der Waals surface area contributed by atoms with Crippen LogP contribution in [0.2, 0.25) is 5.15 Å². The van der Waals surface area contributed by atoms with E-state index in [1.165, 1.54) is 11.0 Å². The molecule has 5 nitrogen and oxygen atoms in total. The Morgan fingerprint density at radius 3 is 2.89 bits per heavy atom. The number of aromatic nitrogens is 1. The van der Waals surface area contributed by atoms with Crippen molar-refractivity contribution < 1.29 is 9.59 Å². The molecule has 1 aromatic carbocycles. The number of pyridine rings is 1. The number of carbonyl (C=O) groups excluding carboxylic acids is 2. The van der Waals surface area contributed by atoms with Crippen molar-refractivity contribution in [2.75, 3.05) is 13.1 Å². The Morgan fingerprint density at radius 1 is 1.37 bits per heavy atom. The average molecular weight is 276 g/mol. The Bertz CT molecular complexity index is 687. The van der Waals surface area contributed by atoms with Crippen LogP contribution in [-0.2, 0) is 0 Å². The fourth-order valence-electron chi connectivity index (χ4n) is 2.13. The lowest BCUT2D eigenvalue weighted by atomic mass is 10.1. The summed E-state index contributed by atoms with van der Waals surface area (Å²) in [5.74, 6) is -0.351. The predicted octanol–water partition coefficient (Wildman–Crippen LogP) is 2.05. The maximum Gasteiger partial charge on any atom is 0.324 e. The van der Waals surface area contributed by atoms with Crippen molar-refractivity contribution >= 4 is 34.4 Å². The van der Waals surface area contributed by atoms with Gasteiger partial charge in [0.05, 0.1) is 11.1 Å². The van der Waals surface area contributed by atoms with E-state index in [9.17, 15) is 9.59 Å². The molecule has 2 heterocycles. The quantitative estimate of drug-likeness (QED) is 0.810. The first-order chi connectivity index (χ1) is 9.16. The van der Waals surface area contributed by atoms with Gasteiger partial charge in [0, 0.05) is 18.5 Å². The summed E-state index contributed by atoms with van der Waals surface area (Å²) in [6, 6.07) is 8.34. The number of hydrogen-bond donors (Lipinski definition) is 1. The molecular formula is C13H10ClN3O2. The standard InChI is InChI=1S/C13H10ClN3O2/c14-11-7-9(8-3-1-2-4-10(8)16-11)12(18)17-6-5-15-13(17)19/h1-4,7H,5-6H2,(H,15,19). The van der Waals surface area contributed by atoms with E-state index in [-0.39, 0.29) is 17.1 Å². The Morgan fingerprint density at radius 2 is 2.16 bits per heavy atom. The summed E-state index contributed by atoms with van der Waals surface area (Å²) in [5.41, 5.74) is 1.03. The van der Waals surface area contributed by atoms with Crippen molar-refractivity contribution in [1.29, 1.82) is 0 Å². The van der Waals surface area contributed by atoms with Crippen molar-refractivity contribution in [3.63, 3.8) is 0 Å². The second-order valence-corrected chi connectivity index (χ2v) is 4.59. The van der Waals surface area contributed by atoms with E-state index >= 15 is 0 Å². The molecular weight excluding hydrogens is 266 g/mol. The van der Waals surface area contributed by atoms with Gasteiger partial charge in [-0.3, -0.25) is 9.69 Å². The van der Waals surface area contributed by atoms with Crippen LogP contribution in [0, 0.1) is 0 Å². The lowest BCUT2D eigenvalue weighted by Crippen LogP contribution is -2.34. The van der Waals surface area contributed by atoms with E-state index in [0.717, 1.165) is 0 Å². The molecule has 0 bridgehead atoms. The van der Waals surface area contributed by atoms with Gasteiger partial charge in [-0.15, -0.1) is 0 Å². The summed E-state index contributed by atoms with van der Waals surface area (Å²) < 4.78 is 0. The zero-order chi connectivity index (χ0) is 13.4. The number of hydrogen-bond acceptors (Lipinski definition) is 3. The predicted molar refractivity (Wildman–Crippen MR) is 71.2 cm³/mol. The Kier molecular flexibility index (Phi) is 2.83. The highest BCUT2D eigenvalue weighted by molar-refractivity contribution is 6.30. The molecule has 0 aliphatic carbocycles. The van der Waals surface area contributed by atoms with E-state index in [1.807, 2.05) is 12.1 Å². The first-order valence-corrected chi connectivity index (χ1v) is 6.19. The summed E-state index contributed by atoms with van der Waals surface area (Å²) >= 11 is 5.93. The normalized spacial score (nSPS) is 14.8. The number of benzene rings is 1. The molecule has 1 fully saturated rings. The molecule has 6 heteroatoms. The van der Waals surface area contributed by atoms with Crippen LogP contribution in [0.5, 0.6) is 0 Å². The number of halogens is 1. The molecule has 0 atom stereocenters. The van der Waals surface area contributed by atoms with Crippen LogP contribution < -0.4 is 5.32 Å². The van der Waals surface area contributed by atoms with Crippen LogP contribution in [-0.4, -0.2) is 34.9 Å². The van der Waals surface area contributed by atoms with Gasteiger partial charge in [0.2, 0.25) is 0 Å². The van der Waals surface area contributed by atoms with Crippen molar-refractivity contribution in [2.45, 2.75) is 0 Å². The van der Waals surface area contributed by atoms with Gasteiger partial charge in [0.15, 0.2) is 0 Å². The molecule has 0 spiro atoms. The average Bonchev–Trinajstić information content (AvgIpc) is 2.83. The number of para-hydroxylation sites is 1. The zero-order valence-corrected chi connectivity index (χ0v) is 10.6. The van der Waals surface area contributed by atoms with E-state index in [1.54, 1.807) is 12.1 Å². The smallest absolute Gasteiger partial charge is 0.324 e. The number of urea groups is 1. The Labute approximate surface area is 114 Å². The van der Waals surface area contributed by atoms with Crippen molar-refractivity contribution in [1.82, 2.24) is 15.2 Å². The number of rotatable bonds is 1. The van der Waals surface area contributed by atoms with E-state index < -0.39 is 0 Å². The van der Waals surface area contributed by atoms with E-state index in [0.29, 0.717) is 29.6 Å². The minimum Gasteiger partial charge on any atom is -0.336 e. The molecule has 2 aromatic rings. The number of carbonyl (C=O) groups is 2. The zero-order valence-electron chi connectivity index (χ0n) is 9.89. The van der Waals surface area contributed by atoms with Crippen LogP contribution in [0.1, 0.15) is 10.4 Å². The van der Waals surface area contributed by atoms with Gasteiger partial charge >= 0.3 is 6.03 Å². The molecule has 1 N–H and O–H groups in total. The third-order valence-corrected chi connectivity index (χ3v) is 3.21. The van der Waals surface area contributed by atoms with E-state index in [2.05, 4.69) is 10.3 Å². The largest absolute Gasteiger partial charge is 0.336 e. The van der Waals surface area contributed by atoms with Gasteiger partial charge in [-0.05, 0) is 12.1 Å². The molecule has 1 aromatic heterocycles. The Balaban J connectivity index is 2.14. The molecule has 96 valence electrons. The number of amides is 3. The summed E-state index contributed by atoms with van der Waals surface area (Å²) in [4.78, 5) is 29.3. The first kappa shape index (κ1) is 11.9. The van der Waals surface area contributed by atoms with Gasteiger partial charge < -0.3 is 5.32 Å². The van der Waals surface area contributed by atoms with Crippen LogP contribution >= 0.6 is 11.6 Å². The fraction of sp³-hybridized carbons (Fsp3) is 0.154. The van der Waals surface area contributed by atoms with E-state index in [4.69, 9.17) is 11.6 Å². The molecule has 3 amide bonds. The minimum absolute atomic E-state index is 0.238.